The first-order valence-electron chi connectivity index (χ1n) is 22.2. The molecule has 6 N–H and O–H groups in total. The van der Waals surface area contributed by atoms with Gasteiger partial charge < -0.3 is 54.3 Å². The Balaban J connectivity index is 1.15. The first kappa shape index (κ1) is 44.4. The third kappa shape index (κ3) is 6.93. The second-order valence-corrected chi connectivity index (χ2v) is 21.4. The second-order valence-electron chi connectivity index (χ2n) is 21.4. The van der Waals surface area contributed by atoms with Crippen LogP contribution in [0.25, 0.3) is 0 Å². The lowest BCUT2D eigenvalue weighted by atomic mass is 9.33. The molecule has 17 atom stereocenters. The highest BCUT2D eigenvalue weighted by Gasteiger charge is 2.70. The summed E-state index contributed by atoms with van der Waals surface area (Å²) >= 11 is 0. The van der Waals surface area contributed by atoms with Gasteiger partial charge in [0, 0.05) is 0 Å². The van der Waals surface area contributed by atoms with E-state index in [-0.39, 0.29) is 46.7 Å². The molecule has 58 heavy (non-hydrogen) atoms. The minimum atomic E-state index is -1.75. The minimum Gasteiger partial charge on any atom is -0.481 e. The van der Waals surface area contributed by atoms with Crippen molar-refractivity contribution in [1.82, 2.24) is 0 Å². The summed E-state index contributed by atoms with van der Waals surface area (Å²) in [4.78, 5) is 26.3. The molecule has 2 saturated heterocycles. The fourth-order valence-electron chi connectivity index (χ4n) is 13.7. The average Bonchev–Trinajstić information content (AvgIpc) is 3.15. The third-order valence-electron chi connectivity index (χ3n) is 17.6. The van der Waals surface area contributed by atoms with Crippen LogP contribution in [0, 0.1) is 50.2 Å². The van der Waals surface area contributed by atoms with Crippen molar-refractivity contribution in [3.63, 3.8) is 0 Å². The molecule has 13 heteroatoms. The summed E-state index contributed by atoms with van der Waals surface area (Å²) < 4.78 is 30.0. The van der Waals surface area contributed by atoms with E-state index >= 15 is 0 Å². The van der Waals surface area contributed by atoms with Crippen LogP contribution in [0.4, 0.5) is 0 Å². The van der Waals surface area contributed by atoms with E-state index in [0.717, 1.165) is 57.8 Å². The lowest BCUT2D eigenvalue weighted by molar-refractivity contribution is -0.366. The number of carboxylic acid groups (broad SMARTS) is 1. The normalized spacial score (nSPS) is 49.6. The Morgan fingerprint density at radius 2 is 1.52 bits per heavy atom. The number of unbranched alkanes of at least 4 members (excludes halogenated alkanes) is 1. The summed E-state index contributed by atoms with van der Waals surface area (Å²) in [5, 5.41) is 64.6. The number of carbonyl (C=O) groups excluding carboxylic acids is 1. The topological polar surface area (TPSA) is 202 Å². The molecule has 0 spiro atoms. The monoisotopic (exact) mass is 820 g/mol. The molecule has 7 aliphatic rings. The number of aliphatic carboxylic acids is 1. The van der Waals surface area contributed by atoms with Crippen LogP contribution in [0.1, 0.15) is 132 Å². The Morgan fingerprint density at radius 3 is 2.21 bits per heavy atom. The fourth-order valence-corrected chi connectivity index (χ4v) is 13.7. The highest BCUT2D eigenvalue weighted by Crippen LogP contribution is 2.76. The molecule has 0 radical (unpaired) electrons. The van der Waals surface area contributed by atoms with Crippen molar-refractivity contribution in [3.05, 3.63) is 11.6 Å². The SMILES string of the molecule is CCCCOC(=O)[C@H]1O[C@@H](O[C@H]2CC[C@]3(C)[C@H]4CC=C5[C@@H]6CC(C)(C)CC[C@]6(C(=O)O)CC[C@@]5(C)[C@]4(C)CC[C@H]3C2(C)C)[C@H](O[C@@H]2OC[C@@H](O)[C@H](O)[C@H]2O)[C@@H](O)[C@@H]1O. The molecule has 0 aromatic heterocycles. The average molecular weight is 821 g/mol. The van der Waals surface area contributed by atoms with Crippen LogP contribution in [0.15, 0.2) is 11.6 Å². The Hall–Kier alpha value is -1.68. The molecule has 5 aliphatic carbocycles. The van der Waals surface area contributed by atoms with Crippen LogP contribution in [0.5, 0.6) is 0 Å². The van der Waals surface area contributed by atoms with Crippen molar-refractivity contribution in [1.29, 1.82) is 0 Å². The van der Waals surface area contributed by atoms with Crippen LogP contribution in [-0.4, -0.2) is 117 Å². The Morgan fingerprint density at radius 1 is 0.810 bits per heavy atom. The molecular formula is C45H72O13. The van der Waals surface area contributed by atoms with Gasteiger partial charge in [-0.3, -0.25) is 4.79 Å². The molecule has 2 aliphatic heterocycles. The van der Waals surface area contributed by atoms with Crippen LogP contribution in [0.3, 0.4) is 0 Å². The number of rotatable bonds is 9. The lowest BCUT2D eigenvalue weighted by Gasteiger charge is -2.71. The van der Waals surface area contributed by atoms with Gasteiger partial charge in [0.2, 0.25) is 0 Å². The number of carbonyl (C=O) groups is 2. The van der Waals surface area contributed by atoms with Gasteiger partial charge in [-0.1, -0.05) is 73.5 Å². The van der Waals surface area contributed by atoms with Gasteiger partial charge in [-0.05, 0) is 115 Å². The fraction of sp³-hybridized carbons (Fsp3) is 0.911. The molecule has 6 fully saturated rings. The number of carboxylic acids is 1. The molecule has 4 saturated carbocycles. The van der Waals surface area contributed by atoms with Crippen LogP contribution >= 0.6 is 0 Å². The van der Waals surface area contributed by atoms with Crippen molar-refractivity contribution in [2.45, 2.75) is 194 Å². The first-order chi connectivity index (χ1) is 27.1. The first-order valence-corrected chi connectivity index (χ1v) is 22.2. The van der Waals surface area contributed by atoms with Crippen molar-refractivity contribution in [2.75, 3.05) is 13.2 Å². The summed E-state index contributed by atoms with van der Waals surface area (Å²) in [6.07, 6.45) is -2.01. The number of aliphatic hydroxyl groups is 5. The predicted molar refractivity (Wildman–Crippen MR) is 211 cm³/mol. The van der Waals surface area contributed by atoms with Gasteiger partial charge in [0.15, 0.2) is 18.7 Å². The van der Waals surface area contributed by atoms with E-state index in [1.165, 1.54) is 5.57 Å². The second kappa shape index (κ2) is 15.6. The van der Waals surface area contributed by atoms with Crippen molar-refractivity contribution < 1.29 is 63.9 Å². The van der Waals surface area contributed by atoms with Crippen LogP contribution in [0.2, 0.25) is 0 Å². The van der Waals surface area contributed by atoms with E-state index in [1.807, 2.05) is 6.92 Å². The molecule has 0 unspecified atom stereocenters. The predicted octanol–water partition coefficient (Wildman–Crippen LogP) is 4.87. The van der Waals surface area contributed by atoms with E-state index in [2.05, 4.69) is 54.5 Å². The molecule has 0 aromatic carbocycles. The highest BCUT2D eigenvalue weighted by molar-refractivity contribution is 5.77. The van der Waals surface area contributed by atoms with Gasteiger partial charge in [0.25, 0.3) is 0 Å². The molecule has 0 aromatic rings. The summed E-state index contributed by atoms with van der Waals surface area (Å²) in [7, 11) is 0. The van der Waals surface area contributed by atoms with Gasteiger partial charge in [-0.25, -0.2) is 4.79 Å². The molecule has 7 rings (SSSR count). The summed E-state index contributed by atoms with van der Waals surface area (Å²) in [5.41, 5.74) is 0.142. The minimum absolute atomic E-state index is 0.0334. The number of esters is 1. The Labute approximate surface area is 344 Å². The number of fused-ring (bicyclic) bond motifs is 7. The zero-order valence-corrected chi connectivity index (χ0v) is 36.0. The molecule has 0 amide bonds. The molecule has 0 bridgehead atoms. The summed E-state index contributed by atoms with van der Waals surface area (Å²) in [6.45, 7) is 18.1. The maximum atomic E-state index is 13.2. The van der Waals surface area contributed by atoms with E-state index in [4.69, 9.17) is 23.7 Å². The van der Waals surface area contributed by atoms with Crippen LogP contribution in [-0.2, 0) is 33.3 Å². The maximum absolute atomic E-state index is 13.2. The number of aliphatic hydroxyl groups excluding tert-OH is 5. The van der Waals surface area contributed by atoms with Gasteiger partial charge in [0.05, 0.1) is 24.7 Å². The number of hydrogen-bond donors (Lipinski definition) is 6. The highest BCUT2D eigenvalue weighted by atomic mass is 16.8. The van der Waals surface area contributed by atoms with Crippen molar-refractivity contribution in [2.24, 2.45) is 50.2 Å². The largest absolute Gasteiger partial charge is 0.481 e. The van der Waals surface area contributed by atoms with E-state index < -0.39 is 84.2 Å². The van der Waals surface area contributed by atoms with E-state index in [0.29, 0.717) is 25.2 Å². The maximum Gasteiger partial charge on any atom is 0.338 e. The van der Waals surface area contributed by atoms with Crippen LogP contribution < -0.4 is 0 Å². The Bertz CT molecular complexity index is 1580. The lowest BCUT2D eigenvalue weighted by Crippen LogP contribution is -2.67. The van der Waals surface area contributed by atoms with Crippen molar-refractivity contribution >= 4 is 11.9 Å². The van der Waals surface area contributed by atoms with Crippen molar-refractivity contribution in [3.8, 4) is 0 Å². The zero-order valence-electron chi connectivity index (χ0n) is 36.0. The number of allylic oxidation sites excluding steroid dienone is 2. The molecular weight excluding hydrogens is 748 g/mol. The molecule has 13 nitrogen and oxygen atoms in total. The number of ether oxygens (including phenoxy) is 5. The van der Waals surface area contributed by atoms with E-state index in [1.54, 1.807) is 0 Å². The summed E-state index contributed by atoms with van der Waals surface area (Å²) in [5.74, 6) is -0.847. The Kier molecular flexibility index (Phi) is 11.9. The van der Waals surface area contributed by atoms with Gasteiger partial charge in [-0.2, -0.15) is 0 Å². The molecule has 330 valence electrons. The quantitative estimate of drug-likeness (QED) is 0.0797. The summed E-state index contributed by atoms with van der Waals surface area (Å²) in [6, 6.07) is 0. The molecule has 2 heterocycles. The van der Waals surface area contributed by atoms with E-state index in [9.17, 15) is 40.2 Å². The van der Waals surface area contributed by atoms with Gasteiger partial charge in [-0.15, -0.1) is 0 Å². The van der Waals surface area contributed by atoms with Gasteiger partial charge in [0.1, 0.15) is 36.6 Å². The zero-order chi connectivity index (χ0) is 42.4. The standard InChI is InChI=1S/C45H72O13/c1-9-10-21-54-36(51)34-31(48)32(49)35(58-37-33(50)30(47)26(46)23-55-37)38(57-34)56-29-14-15-42(6)27(41(29,4)5)13-16-44(8)28(42)12-11-24-25-22-40(2,3)17-19-45(25,39(52)53)20-18-43(24,44)7/h11,25-35,37-38,46-50H,9-10,12-23H2,1-8H3,(H,52,53)/t25-,26+,27-,28+,29-,30-,31-,32-,33+,34-,35+,37-,38+,42-,43+,44+,45-/m0/s1. The smallest absolute Gasteiger partial charge is 0.338 e. The van der Waals surface area contributed by atoms with Gasteiger partial charge >= 0.3 is 11.9 Å². The number of hydrogen-bond acceptors (Lipinski definition) is 12. The third-order valence-corrected chi connectivity index (χ3v) is 17.6.